The van der Waals surface area contributed by atoms with Gasteiger partial charge in [-0.1, -0.05) is 24.3 Å². The minimum absolute atomic E-state index is 0.123. The molecule has 104 valence electrons. The SMILES string of the molecule is C=C(C)C(CC(=O)CC(OCC)C(=C)C)OCC. The van der Waals surface area contributed by atoms with E-state index in [1.165, 1.54) is 0 Å². The molecule has 0 N–H and O–H groups in total. The van der Waals surface area contributed by atoms with E-state index in [0.717, 1.165) is 11.1 Å². The van der Waals surface area contributed by atoms with Crippen LogP contribution in [0.25, 0.3) is 0 Å². The quantitative estimate of drug-likeness (QED) is 0.561. The minimum atomic E-state index is -0.185. The van der Waals surface area contributed by atoms with Crippen molar-refractivity contribution >= 4 is 5.78 Å². The van der Waals surface area contributed by atoms with Crippen LogP contribution in [-0.2, 0) is 14.3 Å². The Bertz CT molecular complexity index is 266. The second-order valence-electron chi connectivity index (χ2n) is 4.53. The van der Waals surface area contributed by atoms with Crippen molar-refractivity contribution in [3.8, 4) is 0 Å². The predicted molar refractivity (Wildman–Crippen MR) is 74.7 cm³/mol. The summed E-state index contributed by atoms with van der Waals surface area (Å²) in [5, 5.41) is 0. The van der Waals surface area contributed by atoms with E-state index >= 15 is 0 Å². The molecule has 0 saturated heterocycles. The van der Waals surface area contributed by atoms with E-state index in [-0.39, 0.29) is 18.0 Å². The summed E-state index contributed by atoms with van der Waals surface area (Å²) in [6.45, 7) is 16.5. The lowest BCUT2D eigenvalue weighted by atomic mass is 10.0. The van der Waals surface area contributed by atoms with Crippen LogP contribution in [0.4, 0.5) is 0 Å². The number of rotatable bonds is 10. The number of carbonyl (C=O) groups is 1. The lowest BCUT2D eigenvalue weighted by Gasteiger charge is -2.19. The van der Waals surface area contributed by atoms with Crippen molar-refractivity contribution in [1.82, 2.24) is 0 Å². The molecule has 0 aromatic heterocycles. The molecule has 0 rings (SSSR count). The molecule has 0 saturated carbocycles. The zero-order valence-corrected chi connectivity index (χ0v) is 12.1. The Kier molecular flexibility index (Phi) is 8.59. The van der Waals surface area contributed by atoms with Gasteiger partial charge in [0.05, 0.1) is 12.2 Å². The zero-order chi connectivity index (χ0) is 14.1. The highest BCUT2D eigenvalue weighted by Gasteiger charge is 2.19. The first-order chi connectivity index (χ1) is 8.42. The van der Waals surface area contributed by atoms with Gasteiger partial charge in [-0.05, 0) is 27.7 Å². The highest BCUT2D eigenvalue weighted by Crippen LogP contribution is 2.15. The molecule has 0 aliphatic carbocycles. The standard InChI is InChI=1S/C15H26O3/c1-7-17-14(11(3)4)9-13(16)10-15(12(5)6)18-8-2/h14-15H,3,5,7-10H2,1-2,4,6H3. The number of carbonyl (C=O) groups excluding carboxylic acids is 1. The van der Waals surface area contributed by atoms with E-state index in [2.05, 4.69) is 13.2 Å². The number of hydrogen-bond donors (Lipinski definition) is 0. The average molecular weight is 254 g/mol. The third-order valence-electron chi connectivity index (χ3n) is 2.66. The summed E-state index contributed by atoms with van der Waals surface area (Å²) >= 11 is 0. The van der Waals surface area contributed by atoms with Crippen LogP contribution in [0.1, 0.15) is 40.5 Å². The van der Waals surface area contributed by atoms with E-state index in [9.17, 15) is 4.79 Å². The van der Waals surface area contributed by atoms with Crippen molar-refractivity contribution in [2.24, 2.45) is 0 Å². The molecule has 2 atom stereocenters. The molecule has 0 bridgehead atoms. The first-order valence-corrected chi connectivity index (χ1v) is 6.48. The van der Waals surface area contributed by atoms with E-state index in [1.54, 1.807) is 0 Å². The van der Waals surface area contributed by atoms with Gasteiger partial charge in [0.1, 0.15) is 5.78 Å². The molecule has 18 heavy (non-hydrogen) atoms. The second-order valence-corrected chi connectivity index (χ2v) is 4.53. The van der Waals surface area contributed by atoms with E-state index in [0.29, 0.717) is 26.1 Å². The van der Waals surface area contributed by atoms with E-state index in [4.69, 9.17) is 9.47 Å². The number of ether oxygens (including phenoxy) is 2. The van der Waals surface area contributed by atoms with Crippen molar-refractivity contribution in [2.45, 2.75) is 52.7 Å². The summed E-state index contributed by atoms with van der Waals surface area (Å²) in [6.07, 6.45) is 0.352. The second kappa shape index (κ2) is 9.06. The summed E-state index contributed by atoms with van der Waals surface area (Å²) in [7, 11) is 0. The first kappa shape index (κ1) is 17.1. The van der Waals surface area contributed by atoms with E-state index < -0.39 is 0 Å². The largest absolute Gasteiger partial charge is 0.374 e. The van der Waals surface area contributed by atoms with Gasteiger partial charge in [0.15, 0.2) is 0 Å². The molecule has 2 unspecified atom stereocenters. The van der Waals surface area contributed by atoms with Crippen molar-refractivity contribution < 1.29 is 14.3 Å². The maximum atomic E-state index is 12.0. The number of ketones is 1. The van der Waals surface area contributed by atoms with Crippen molar-refractivity contribution in [3.63, 3.8) is 0 Å². The third kappa shape index (κ3) is 6.72. The maximum absolute atomic E-state index is 12.0. The molecule has 0 heterocycles. The first-order valence-electron chi connectivity index (χ1n) is 6.48. The van der Waals surface area contributed by atoms with Gasteiger partial charge in [-0.3, -0.25) is 4.79 Å². The number of Topliss-reactive ketones (excluding diaryl/α,β-unsaturated/α-hetero) is 1. The van der Waals surface area contributed by atoms with E-state index in [1.807, 2.05) is 27.7 Å². The molecule has 0 aromatic carbocycles. The highest BCUT2D eigenvalue weighted by atomic mass is 16.5. The molecule has 0 aromatic rings. The Labute approximate surface area is 111 Å². The molecule has 0 fully saturated rings. The molecular formula is C15H26O3. The van der Waals surface area contributed by atoms with Crippen LogP contribution in [0, 0.1) is 0 Å². The van der Waals surface area contributed by atoms with Gasteiger partial charge in [-0.25, -0.2) is 0 Å². The van der Waals surface area contributed by atoms with Gasteiger partial charge in [0, 0.05) is 26.1 Å². The molecule has 3 nitrogen and oxygen atoms in total. The third-order valence-corrected chi connectivity index (χ3v) is 2.66. The summed E-state index contributed by atoms with van der Waals surface area (Å²) in [5.41, 5.74) is 1.77. The lowest BCUT2D eigenvalue weighted by Crippen LogP contribution is -2.24. The maximum Gasteiger partial charge on any atom is 0.138 e. The summed E-state index contributed by atoms with van der Waals surface area (Å²) < 4.78 is 11.0. The lowest BCUT2D eigenvalue weighted by molar-refractivity contribution is -0.123. The van der Waals surface area contributed by atoms with Crippen LogP contribution in [0.2, 0.25) is 0 Å². The van der Waals surface area contributed by atoms with Crippen LogP contribution < -0.4 is 0 Å². The van der Waals surface area contributed by atoms with Crippen LogP contribution in [0.15, 0.2) is 24.3 Å². The highest BCUT2D eigenvalue weighted by molar-refractivity contribution is 5.80. The Morgan fingerprint density at radius 2 is 1.28 bits per heavy atom. The van der Waals surface area contributed by atoms with Crippen molar-refractivity contribution in [1.29, 1.82) is 0 Å². The summed E-state index contributed by atoms with van der Waals surface area (Å²) in [6, 6.07) is 0. The monoisotopic (exact) mass is 254 g/mol. The summed E-state index contributed by atoms with van der Waals surface area (Å²) in [5.74, 6) is 0.123. The van der Waals surface area contributed by atoms with Gasteiger partial charge in [0.2, 0.25) is 0 Å². The molecular weight excluding hydrogens is 228 g/mol. The van der Waals surface area contributed by atoms with Gasteiger partial charge in [0.25, 0.3) is 0 Å². The Hall–Kier alpha value is -0.930. The fourth-order valence-corrected chi connectivity index (χ4v) is 1.65. The molecule has 0 aliphatic heterocycles. The topological polar surface area (TPSA) is 35.5 Å². The van der Waals surface area contributed by atoms with Crippen LogP contribution >= 0.6 is 0 Å². The molecule has 0 aliphatic rings. The smallest absolute Gasteiger partial charge is 0.138 e. The van der Waals surface area contributed by atoms with Gasteiger partial charge >= 0.3 is 0 Å². The van der Waals surface area contributed by atoms with Crippen molar-refractivity contribution in [3.05, 3.63) is 24.3 Å². The Morgan fingerprint density at radius 1 is 0.944 bits per heavy atom. The Morgan fingerprint density at radius 3 is 1.50 bits per heavy atom. The molecule has 0 radical (unpaired) electrons. The summed E-state index contributed by atoms with van der Waals surface area (Å²) in [4.78, 5) is 12.0. The minimum Gasteiger partial charge on any atom is -0.374 e. The molecule has 0 amide bonds. The molecule has 0 spiro atoms. The average Bonchev–Trinajstić information content (AvgIpc) is 2.27. The van der Waals surface area contributed by atoms with Gasteiger partial charge in [-0.2, -0.15) is 0 Å². The number of hydrogen-bond acceptors (Lipinski definition) is 3. The van der Waals surface area contributed by atoms with Crippen LogP contribution in [0.5, 0.6) is 0 Å². The fourth-order valence-electron chi connectivity index (χ4n) is 1.65. The van der Waals surface area contributed by atoms with Gasteiger partial charge in [-0.15, -0.1) is 0 Å². The molecule has 3 heteroatoms. The van der Waals surface area contributed by atoms with Gasteiger partial charge < -0.3 is 9.47 Å². The van der Waals surface area contributed by atoms with Crippen molar-refractivity contribution in [2.75, 3.05) is 13.2 Å². The Balaban J connectivity index is 4.37. The normalized spacial score (nSPS) is 14.0. The predicted octanol–water partition coefficient (Wildman–Crippen LogP) is 3.30. The fraction of sp³-hybridized carbons (Fsp3) is 0.667. The van der Waals surface area contributed by atoms with Crippen LogP contribution in [0.3, 0.4) is 0 Å². The van der Waals surface area contributed by atoms with Crippen LogP contribution in [-0.4, -0.2) is 31.2 Å². The zero-order valence-electron chi connectivity index (χ0n) is 12.1.